The monoisotopic (exact) mass is 210 g/mol. The van der Waals surface area contributed by atoms with Gasteiger partial charge in [-0.1, -0.05) is 13.8 Å². The number of hydrogen-bond donors (Lipinski definition) is 1. The zero-order chi connectivity index (χ0) is 11.0. The molecule has 2 heteroatoms. The average molecular weight is 210 g/mol. The van der Waals surface area contributed by atoms with Crippen LogP contribution in [0.4, 0.5) is 0 Å². The molecule has 1 aliphatic heterocycles. The summed E-state index contributed by atoms with van der Waals surface area (Å²) in [6, 6.07) is 2.33. The van der Waals surface area contributed by atoms with Gasteiger partial charge in [-0.25, -0.2) is 0 Å². The van der Waals surface area contributed by atoms with E-state index >= 15 is 0 Å². The van der Waals surface area contributed by atoms with Crippen molar-refractivity contribution in [3.05, 3.63) is 0 Å². The second-order valence-electron chi connectivity index (χ2n) is 6.05. The molecule has 1 aliphatic carbocycles. The summed E-state index contributed by atoms with van der Waals surface area (Å²) in [5.41, 5.74) is 0. The molecular weight excluding hydrogens is 184 g/mol. The fourth-order valence-corrected chi connectivity index (χ4v) is 3.11. The van der Waals surface area contributed by atoms with Crippen LogP contribution >= 0.6 is 0 Å². The van der Waals surface area contributed by atoms with Gasteiger partial charge in [-0.2, -0.15) is 0 Å². The number of nitrogens with zero attached hydrogens (tertiary/aromatic N) is 1. The number of piperidine rings is 1. The molecule has 1 saturated heterocycles. The summed E-state index contributed by atoms with van der Waals surface area (Å²) in [7, 11) is 2.25. The molecule has 1 saturated carbocycles. The van der Waals surface area contributed by atoms with Crippen LogP contribution in [0.15, 0.2) is 0 Å². The van der Waals surface area contributed by atoms with Crippen molar-refractivity contribution in [2.75, 3.05) is 13.6 Å². The fourth-order valence-electron chi connectivity index (χ4n) is 3.11. The van der Waals surface area contributed by atoms with Crippen molar-refractivity contribution in [3.8, 4) is 0 Å². The standard InChI is InChI=1S/C13H26N2/c1-9-5-12(6-9)14-13-7-11(3)15(4)8-10(13)2/h9-14H,5-8H2,1-4H3. The lowest BCUT2D eigenvalue weighted by Crippen LogP contribution is -2.55. The Labute approximate surface area is 94.4 Å². The summed E-state index contributed by atoms with van der Waals surface area (Å²) in [6.45, 7) is 8.35. The Kier molecular flexibility index (Phi) is 3.36. The summed E-state index contributed by atoms with van der Waals surface area (Å²) in [6.07, 6.45) is 4.11. The molecule has 88 valence electrons. The number of likely N-dealkylation sites (tertiary alicyclic amines) is 1. The molecule has 2 fully saturated rings. The van der Waals surface area contributed by atoms with Crippen molar-refractivity contribution in [2.24, 2.45) is 11.8 Å². The SMILES string of the molecule is CC1CC(NC2CC(C)N(C)CC2C)C1. The molecule has 2 aliphatic rings. The van der Waals surface area contributed by atoms with E-state index < -0.39 is 0 Å². The molecule has 3 atom stereocenters. The Bertz CT molecular complexity index is 211. The Morgan fingerprint density at radius 1 is 1.07 bits per heavy atom. The van der Waals surface area contributed by atoms with Crippen LogP contribution in [-0.2, 0) is 0 Å². The first-order valence-corrected chi connectivity index (χ1v) is 6.52. The first kappa shape index (κ1) is 11.4. The maximum Gasteiger partial charge on any atom is 0.0122 e. The van der Waals surface area contributed by atoms with Gasteiger partial charge < -0.3 is 10.2 Å². The van der Waals surface area contributed by atoms with Crippen LogP contribution in [0.2, 0.25) is 0 Å². The van der Waals surface area contributed by atoms with Gasteiger partial charge in [0.25, 0.3) is 0 Å². The van der Waals surface area contributed by atoms with Gasteiger partial charge in [-0.3, -0.25) is 0 Å². The first-order chi connectivity index (χ1) is 7.06. The maximum atomic E-state index is 3.86. The van der Waals surface area contributed by atoms with E-state index in [1.807, 2.05) is 0 Å². The van der Waals surface area contributed by atoms with Crippen molar-refractivity contribution in [1.29, 1.82) is 0 Å². The van der Waals surface area contributed by atoms with Crippen molar-refractivity contribution < 1.29 is 0 Å². The van der Waals surface area contributed by atoms with Crippen LogP contribution < -0.4 is 5.32 Å². The lowest BCUT2D eigenvalue weighted by atomic mass is 9.80. The largest absolute Gasteiger partial charge is 0.311 e. The van der Waals surface area contributed by atoms with Crippen molar-refractivity contribution in [2.45, 2.75) is 58.2 Å². The fraction of sp³-hybridized carbons (Fsp3) is 1.00. The minimum atomic E-state index is 0.746. The highest BCUT2D eigenvalue weighted by Crippen LogP contribution is 2.29. The van der Waals surface area contributed by atoms with Crippen molar-refractivity contribution in [3.63, 3.8) is 0 Å². The Balaban J connectivity index is 1.81. The first-order valence-electron chi connectivity index (χ1n) is 6.52. The molecule has 0 spiro atoms. The molecule has 1 heterocycles. The smallest absolute Gasteiger partial charge is 0.0122 e. The van der Waals surface area contributed by atoms with E-state index in [1.165, 1.54) is 25.8 Å². The van der Waals surface area contributed by atoms with Crippen LogP contribution in [0.5, 0.6) is 0 Å². The third-order valence-corrected chi connectivity index (χ3v) is 4.43. The third kappa shape index (κ3) is 2.54. The van der Waals surface area contributed by atoms with E-state index in [2.05, 4.69) is 38.0 Å². The summed E-state index contributed by atoms with van der Waals surface area (Å²) < 4.78 is 0. The topological polar surface area (TPSA) is 15.3 Å². The second kappa shape index (κ2) is 4.42. The van der Waals surface area contributed by atoms with Crippen LogP contribution in [0.3, 0.4) is 0 Å². The maximum absolute atomic E-state index is 3.86. The van der Waals surface area contributed by atoms with Crippen molar-refractivity contribution in [1.82, 2.24) is 10.2 Å². The Morgan fingerprint density at radius 2 is 1.73 bits per heavy atom. The molecule has 0 radical (unpaired) electrons. The van der Waals surface area contributed by atoms with Gasteiger partial charge in [-0.15, -0.1) is 0 Å². The van der Waals surface area contributed by atoms with E-state index in [0.717, 1.165) is 30.0 Å². The van der Waals surface area contributed by atoms with Gasteiger partial charge in [0.1, 0.15) is 0 Å². The van der Waals surface area contributed by atoms with Gasteiger partial charge in [0.2, 0.25) is 0 Å². The van der Waals surface area contributed by atoms with E-state index in [-0.39, 0.29) is 0 Å². The zero-order valence-corrected chi connectivity index (χ0v) is 10.7. The minimum Gasteiger partial charge on any atom is -0.311 e. The summed E-state index contributed by atoms with van der Waals surface area (Å²) in [5, 5.41) is 3.86. The number of rotatable bonds is 2. The third-order valence-electron chi connectivity index (χ3n) is 4.43. The highest BCUT2D eigenvalue weighted by atomic mass is 15.2. The van der Waals surface area contributed by atoms with E-state index in [9.17, 15) is 0 Å². The summed E-state index contributed by atoms with van der Waals surface area (Å²) in [5.74, 6) is 1.77. The van der Waals surface area contributed by atoms with E-state index in [4.69, 9.17) is 0 Å². The van der Waals surface area contributed by atoms with E-state index in [1.54, 1.807) is 0 Å². The van der Waals surface area contributed by atoms with Gasteiger partial charge in [-0.05, 0) is 45.1 Å². The molecule has 0 bridgehead atoms. The lowest BCUT2D eigenvalue weighted by Gasteiger charge is -2.44. The summed E-state index contributed by atoms with van der Waals surface area (Å²) in [4.78, 5) is 2.49. The molecule has 0 aromatic carbocycles. The van der Waals surface area contributed by atoms with Gasteiger partial charge in [0.05, 0.1) is 0 Å². The Hall–Kier alpha value is -0.0800. The minimum absolute atomic E-state index is 0.746. The van der Waals surface area contributed by atoms with Crippen LogP contribution in [0.25, 0.3) is 0 Å². The summed E-state index contributed by atoms with van der Waals surface area (Å²) >= 11 is 0. The van der Waals surface area contributed by atoms with E-state index in [0.29, 0.717) is 0 Å². The highest BCUT2D eigenvalue weighted by molar-refractivity contribution is 4.91. The molecule has 2 nitrogen and oxygen atoms in total. The van der Waals surface area contributed by atoms with Crippen LogP contribution in [0, 0.1) is 11.8 Å². The Morgan fingerprint density at radius 3 is 2.33 bits per heavy atom. The second-order valence-corrected chi connectivity index (χ2v) is 6.05. The van der Waals surface area contributed by atoms with Crippen molar-refractivity contribution >= 4 is 0 Å². The number of hydrogen-bond acceptors (Lipinski definition) is 2. The normalized spacial score (nSPS) is 47.6. The van der Waals surface area contributed by atoms with Gasteiger partial charge in [0, 0.05) is 24.7 Å². The molecule has 0 aromatic heterocycles. The predicted octanol–water partition coefficient (Wildman–Crippen LogP) is 2.10. The lowest BCUT2D eigenvalue weighted by molar-refractivity contribution is 0.0981. The highest BCUT2D eigenvalue weighted by Gasteiger charge is 2.33. The molecule has 0 amide bonds. The average Bonchev–Trinajstić information content (AvgIpc) is 2.11. The molecule has 15 heavy (non-hydrogen) atoms. The van der Waals surface area contributed by atoms with Crippen LogP contribution in [-0.4, -0.2) is 36.6 Å². The zero-order valence-electron chi connectivity index (χ0n) is 10.7. The molecule has 0 aromatic rings. The van der Waals surface area contributed by atoms with Gasteiger partial charge in [0.15, 0.2) is 0 Å². The molecule has 1 N–H and O–H groups in total. The quantitative estimate of drug-likeness (QED) is 0.751. The van der Waals surface area contributed by atoms with Crippen LogP contribution in [0.1, 0.15) is 40.0 Å². The predicted molar refractivity (Wildman–Crippen MR) is 65.0 cm³/mol. The molecular formula is C13H26N2. The van der Waals surface area contributed by atoms with Gasteiger partial charge >= 0.3 is 0 Å². The molecule has 3 unspecified atom stereocenters. The number of nitrogens with one attached hydrogen (secondary N) is 1. The molecule has 2 rings (SSSR count).